The van der Waals surface area contributed by atoms with Crippen LogP contribution < -0.4 is 14.8 Å². The van der Waals surface area contributed by atoms with Crippen molar-refractivity contribution in [3.63, 3.8) is 0 Å². The molecule has 0 bridgehead atoms. The number of aryl methyl sites for hydroxylation is 1. The Balaban J connectivity index is 2.36. The van der Waals surface area contributed by atoms with Crippen molar-refractivity contribution in [1.82, 2.24) is 5.32 Å². The molecule has 1 fully saturated rings. The predicted molar refractivity (Wildman–Crippen MR) is 79.7 cm³/mol. The van der Waals surface area contributed by atoms with Crippen LogP contribution in [0.2, 0.25) is 0 Å². The summed E-state index contributed by atoms with van der Waals surface area (Å²) in [6.07, 6.45) is 2.48. The van der Waals surface area contributed by atoms with E-state index in [4.69, 9.17) is 14.2 Å². The first-order valence-corrected chi connectivity index (χ1v) is 7.28. The Labute approximate surface area is 121 Å². The number of hydrogen-bond acceptors (Lipinski definition) is 4. The zero-order valence-electron chi connectivity index (χ0n) is 12.9. The van der Waals surface area contributed by atoms with Crippen LogP contribution in [-0.4, -0.2) is 33.5 Å². The molecule has 1 saturated heterocycles. The number of ether oxygens (including phenoxy) is 3. The van der Waals surface area contributed by atoms with Crippen LogP contribution in [0.1, 0.15) is 36.9 Å². The van der Waals surface area contributed by atoms with E-state index in [1.165, 1.54) is 11.1 Å². The molecular weight excluding hydrogens is 254 g/mol. The second-order valence-electron chi connectivity index (χ2n) is 5.15. The zero-order valence-corrected chi connectivity index (χ0v) is 12.9. The van der Waals surface area contributed by atoms with Gasteiger partial charge in [0.25, 0.3) is 0 Å². The van der Waals surface area contributed by atoms with E-state index in [1.54, 1.807) is 14.2 Å². The van der Waals surface area contributed by atoms with Crippen molar-refractivity contribution >= 4 is 0 Å². The second-order valence-corrected chi connectivity index (χ2v) is 5.15. The van der Waals surface area contributed by atoms with Gasteiger partial charge in [-0.2, -0.15) is 0 Å². The van der Waals surface area contributed by atoms with Crippen LogP contribution in [-0.2, 0) is 4.74 Å². The first kappa shape index (κ1) is 15.1. The van der Waals surface area contributed by atoms with Crippen LogP contribution in [0.25, 0.3) is 0 Å². The molecule has 1 heterocycles. The first-order valence-electron chi connectivity index (χ1n) is 7.28. The molecule has 4 heteroatoms. The highest BCUT2D eigenvalue weighted by Crippen LogP contribution is 2.36. The van der Waals surface area contributed by atoms with Gasteiger partial charge in [0.1, 0.15) is 0 Å². The number of hydrogen-bond donors (Lipinski definition) is 1. The summed E-state index contributed by atoms with van der Waals surface area (Å²) in [4.78, 5) is 0. The minimum absolute atomic E-state index is 0.210. The summed E-state index contributed by atoms with van der Waals surface area (Å²) in [5.74, 6) is 1.55. The van der Waals surface area contributed by atoms with Crippen molar-refractivity contribution in [3.8, 4) is 11.5 Å². The molecule has 2 rings (SSSR count). The van der Waals surface area contributed by atoms with Gasteiger partial charge in [-0.25, -0.2) is 0 Å². The summed E-state index contributed by atoms with van der Waals surface area (Å²) in [7, 11) is 3.34. The Kier molecular flexibility index (Phi) is 5.26. The summed E-state index contributed by atoms with van der Waals surface area (Å²) in [6.45, 7) is 6.01. The summed E-state index contributed by atoms with van der Waals surface area (Å²) in [6, 6.07) is 4.32. The van der Waals surface area contributed by atoms with Gasteiger partial charge in [-0.1, -0.05) is 6.92 Å². The van der Waals surface area contributed by atoms with Crippen molar-refractivity contribution in [2.75, 3.05) is 27.4 Å². The fourth-order valence-electron chi connectivity index (χ4n) is 2.86. The molecule has 1 N–H and O–H groups in total. The Morgan fingerprint density at radius 3 is 2.55 bits per heavy atom. The van der Waals surface area contributed by atoms with E-state index in [9.17, 15) is 0 Å². The molecule has 1 aromatic rings. The van der Waals surface area contributed by atoms with Gasteiger partial charge >= 0.3 is 0 Å². The smallest absolute Gasteiger partial charge is 0.161 e. The molecular formula is C16H25NO3. The standard InChI is InChI=1S/C16H25NO3/c1-5-17-16(13-7-6-8-20-13)12-10-15(19-4)14(18-3)9-11(12)2/h9-10,13,16-17H,5-8H2,1-4H3. The Bertz CT molecular complexity index is 442. The average Bonchev–Trinajstić information content (AvgIpc) is 2.98. The second kappa shape index (κ2) is 6.95. The molecule has 0 radical (unpaired) electrons. The van der Waals surface area contributed by atoms with Gasteiger partial charge in [0.15, 0.2) is 11.5 Å². The topological polar surface area (TPSA) is 39.7 Å². The van der Waals surface area contributed by atoms with Gasteiger partial charge in [0, 0.05) is 6.61 Å². The fourth-order valence-corrected chi connectivity index (χ4v) is 2.86. The molecule has 0 saturated carbocycles. The monoisotopic (exact) mass is 279 g/mol. The van der Waals surface area contributed by atoms with Crippen LogP contribution >= 0.6 is 0 Å². The molecule has 0 aliphatic carbocycles. The van der Waals surface area contributed by atoms with E-state index in [1.807, 2.05) is 6.07 Å². The van der Waals surface area contributed by atoms with Gasteiger partial charge in [-0.3, -0.25) is 0 Å². The van der Waals surface area contributed by atoms with Crippen molar-refractivity contribution in [2.45, 2.75) is 38.8 Å². The first-order chi connectivity index (χ1) is 9.71. The van der Waals surface area contributed by atoms with Crippen molar-refractivity contribution in [1.29, 1.82) is 0 Å². The van der Waals surface area contributed by atoms with Gasteiger partial charge in [-0.05, 0) is 49.6 Å². The number of likely N-dealkylation sites (N-methyl/N-ethyl adjacent to an activating group) is 1. The molecule has 0 amide bonds. The van der Waals surface area contributed by atoms with E-state index in [0.717, 1.165) is 37.5 Å². The van der Waals surface area contributed by atoms with E-state index >= 15 is 0 Å². The lowest BCUT2D eigenvalue weighted by Gasteiger charge is -2.26. The van der Waals surface area contributed by atoms with Gasteiger partial charge < -0.3 is 19.5 Å². The third-order valence-electron chi connectivity index (χ3n) is 3.87. The minimum Gasteiger partial charge on any atom is -0.493 e. The Morgan fingerprint density at radius 1 is 1.30 bits per heavy atom. The van der Waals surface area contributed by atoms with E-state index in [2.05, 4.69) is 25.2 Å². The highest BCUT2D eigenvalue weighted by molar-refractivity contribution is 5.48. The van der Waals surface area contributed by atoms with E-state index in [-0.39, 0.29) is 12.1 Å². The number of nitrogens with one attached hydrogen (secondary N) is 1. The quantitative estimate of drug-likeness (QED) is 0.869. The highest BCUT2D eigenvalue weighted by atomic mass is 16.5. The third-order valence-corrected chi connectivity index (χ3v) is 3.87. The van der Waals surface area contributed by atoms with Crippen LogP contribution in [0, 0.1) is 6.92 Å². The Hall–Kier alpha value is -1.26. The molecule has 1 aliphatic heterocycles. The average molecular weight is 279 g/mol. The van der Waals surface area contributed by atoms with Crippen molar-refractivity contribution in [3.05, 3.63) is 23.3 Å². The summed E-state index contributed by atoms with van der Waals surface area (Å²) >= 11 is 0. The number of rotatable bonds is 6. The number of benzene rings is 1. The predicted octanol–water partition coefficient (Wildman–Crippen LogP) is 2.84. The fraction of sp³-hybridized carbons (Fsp3) is 0.625. The third kappa shape index (κ3) is 3.07. The van der Waals surface area contributed by atoms with E-state index < -0.39 is 0 Å². The molecule has 0 aromatic heterocycles. The molecule has 0 spiro atoms. The normalized spacial score (nSPS) is 19.9. The number of methoxy groups -OCH3 is 2. The summed E-state index contributed by atoms with van der Waals surface area (Å²) < 4.78 is 16.7. The van der Waals surface area contributed by atoms with Crippen molar-refractivity contribution in [2.24, 2.45) is 0 Å². The maximum atomic E-state index is 5.87. The minimum atomic E-state index is 0.210. The van der Waals surface area contributed by atoms with Gasteiger partial charge in [0.2, 0.25) is 0 Å². The zero-order chi connectivity index (χ0) is 14.5. The van der Waals surface area contributed by atoms with E-state index in [0.29, 0.717) is 0 Å². The highest BCUT2D eigenvalue weighted by Gasteiger charge is 2.28. The lowest BCUT2D eigenvalue weighted by molar-refractivity contribution is 0.0785. The van der Waals surface area contributed by atoms with Crippen molar-refractivity contribution < 1.29 is 14.2 Å². The molecule has 1 aliphatic rings. The Morgan fingerprint density at radius 2 is 2.00 bits per heavy atom. The van der Waals surface area contributed by atoms with Gasteiger partial charge in [0.05, 0.1) is 26.4 Å². The van der Waals surface area contributed by atoms with Crippen LogP contribution in [0.15, 0.2) is 12.1 Å². The maximum absolute atomic E-state index is 5.87. The van der Waals surface area contributed by atoms with Crippen LogP contribution in [0.3, 0.4) is 0 Å². The summed E-state index contributed by atoms with van der Waals surface area (Å²) in [5, 5.41) is 3.55. The molecule has 4 nitrogen and oxygen atoms in total. The largest absolute Gasteiger partial charge is 0.493 e. The lowest BCUT2D eigenvalue weighted by atomic mass is 9.94. The van der Waals surface area contributed by atoms with Gasteiger partial charge in [-0.15, -0.1) is 0 Å². The maximum Gasteiger partial charge on any atom is 0.161 e. The molecule has 1 aromatic carbocycles. The molecule has 112 valence electrons. The molecule has 2 unspecified atom stereocenters. The van der Waals surface area contributed by atoms with Crippen LogP contribution in [0.5, 0.6) is 11.5 Å². The van der Waals surface area contributed by atoms with Crippen LogP contribution in [0.4, 0.5) is 0 Å². The molecule has 2 atom stereocenters. The lowest BCUT2D eigenvalue weighted by Crippen LogP contribution is -2.32. The summed E-state index contributed by atoms with van der Waals surface area (Å²) in [5.41, 5.74) is 2.43. The SMILES string of the molecule is CCNC(c1cc(OC)c(OC)cc1C)C1CCCO1. The molecule has 20 heavy (non-hydrogen) atoms.